The Hall–Kier alpha value is -7.36. The SMILES string of the molecule is CC1(C)c2ccccc2-c2ccc(N(c3cccc4c3-c3ccccc3C4(C)C)C3C=CC=C4Oc5ccc(-c6ccc7c(c6)c6ccccc6n7-c6ccccc6)cc5C43)cc21. The van der Waals surface area contributed by atoms with E-state index in [1.54, 1.807) is 0 Å². The molecule has 0 saturated carbocycles. The van der Waals surface area contributed by atoms with Gasteiger partial charge in [-0.3, -0.25) is 0 Å². The maximum absolute atomic E-state index is 6.85. The van der Waals surface area contributed by atoms with Crippen molar-refractivity contribution in [2.75, 3.05) is 4.90 Å². The van der Waals surface area contributed by atoms with E-state index < -0.39 is 0 Å². The summed E-state index contributed by atoms with van der Waals surface area (Å²) in [6.45, 7) is 9.51. The van der Waals surface area contributed by atoms with Crippen LogP contribution in [0.4, 0.5) is 11.4 Å². The third-order valence-electron chi connectivity index (χ3n) is 14.8. The van der Waals surface area contributed by atoms with Gasteiger partial charge in [0.05, 0.1) is 23.0 Å². The molecule has 0 saturated heterocycles. The molecule has 3 aliphatic carbocycles. The van der Waals surface area contributed by atoms with Crippen LogP contribution >= 0.6 is 0 Å². The summed E-state index contributed by atoms with van der Waals surface area (Å²) in [7, 11) is 0. The van der Waals surface area contributed by atoms with Gasteiger partial charge in [0.25, 0.3) is 0 Å². The Morgan fingerprint density at radius 3 is 2.05 bits per heavy atom. The minimum Gasteiger partial charge on any atom is -0.461 e. The summed E-state index contributed by atoms with van der Waals surface area (Å²) in [6, 6.07) is 65.3. The summed E-state index contributed by atoms with van der Waals surface area (Å²) in [5, 5.41) is 2.50. The molecule has 63 heavy (non-hydrogen) atoms. The van der Waals surface area contributed by atoms with Gasteiger partial charge in [0.1, 0.15) is 11.5 Å². The number of hydrogen-bond donors (Lipinski definition) is 0. The van der Waals surface area contributed by atoms with Crippen LogP contribution in [0.1, 0.15) is 61.4 Å². The first-order valence-corrected chi connectivity index (χ1v) is 22.3. The van der Waals surface area contributed by atoms with Crippen LogP contribution in [0.25, 0.3) is 60.9 Å². The van der Waals surface area contributed by atoms with Gasteiger partial charge in [0.2, 0.25) is 0 Å². The molecule has 2 heterocycles. The van der Waals surface area contributed by atoms with Gasteiger partial charge in [0.15, 0.2) is 0 Å². The highest BCUT2D eigenvalue weighted by Crippen LogP contribution is 2.57. The topological polar surface area (TPSA) is 17.4 Å². The van der Waals surface area contributed by atoms with Crippen molar-refractivity contribution < 1.29 is 4.74 Å². The minimum absolute atomic E-state index is 0.0346. The van der Waals surface area contributed by atoms with E-state index >= 15 is 0 Å². The van der Waals surface area contributed by atoms with Crippen LogP contribution in [0.2, 0.25) is 0 Å². The van der Waals surface area contributed by atoms with Crippen molar-refractivity contribution >= 4 is 33.2 Å². The lowest BCUT2D eigenvalue weighted by atomic mass is 9.81. The average Bonchev–Trinajstić information content (AvgIpc) is 4.00. The van der Waals surface area contributed by atoms with Gasteiger partial charge in [-0.2, -0.15) is 0 Å². The first-order chi connectivity index (χ1) is 30.8. The zero-order valence-electron chi connectivity index (χ0n) is 35.9. The van der Waals surface area contributed by atoms with E-state index in [9.17, 15) is 0 Å². The predicted molar refractivity (Wildman–Crippen MR) is 261 cm³/mol. The Bertz CT molecular complexity index is 3450. The van der Waals surface area contributed by atoms with E-state index in [0.29, 0.717) is 0 Å². The summed E-state index contributed by atoms with van der Waals surface area (Å²) in [5.41, 5.74) is 20.1. The monoisotopic (exact) mass is 810 g/mol. The average molecular weight is 811 g/mol. The van der Waals surface area contributed by atoms with Crippen molar-refractivity contribution in [2.24, 2.45) is 0 Å². The number of aromatic nitrogens is 1. The molecule has 1 aromatic heterocycles. The van der Waals surface area contributed by atoms with Crippen molar-refractivity contribution in [3.63, 3.8) is 0 Å². The Morgan fingerprint density at radius 1 is 0.524 bits per heavy atom. The molecule has 8 aromatic carbocycles. The highest BCUT2D eigenvalue weighted by Gasteiger charge is 2.44. The second-order valence-electron chi connectivity index (χ2n) is 18.8. The maximum Gasteiger partial charge on any atom is 0.131 e. The molecule has 0 N–H and O–H groups in total. The fourth-order valence-electron chi connectivity index (χ4n) is 11.8. The van der Waals surface area contributed by atoms with Crippen molar-refractivity contribution in [3.05, 3.63) is 228 Å². The number of benzene rings is 8. The number of hydrogen-bond acceptors (Lipinski definition) is 2. The minimum atomic E-state index is -0.138. The summed E-state index contributed by atoms with van der Waals surface area (Å²) in [5.74, 6) is 1.89. The second-order valence-corrected chi connectivity index (χ2v) is 18.8. The van der Waals surface area contributed by atoms with Gasteiger partial charge in [0, 0.05) is 49.8 Å². The number of rotatable bonds is 5. The first-order valence-electron chi connectivity index (χ1n) is 22.3. The molecular weight excluding hydrogens is 765 g/mol. The maximum atomic E-state index is 6.85. The van der Waals surface area contributed by atoms with Crippen LogP contribution in [-0.2, 0) is 10.8 Å². The molecule has 2 unspecified atom stereocenters. The second kappa shape index (κ2) is 13.1. The molecule has 0 fully saturated rings. The highest BCUT2D eigenvalue weighted by atomic mass is 16.5. The van der Waals surface area contributed by atoms with Crippen LogP contribution < -0.4 is 9.64 Å². The van der Waals surface area contributed by atoms with Gasteiger partial charge < -0.3 is 14.2 Å². The summed E-state index contributed by atoms with van der Waals surface area (Å²) in [4.78, 5) is 2.64. The molecule has 1 aliphatic heterocycles. The fourth-order valence-corrected chi connectivity index (χ4v) is 11.8. The quantitative estimate of drug-likeness (QED) is 0.172. The van der Waals surface area contributed by atoms with Crippen LogP contribution in [0.15, 0.2) is 200 Å². The molecule has 9 aromatic rings. The van der Waals surface area contributed by atoms with Crippen molar-refractivity contribution in [2.45, 2.75) is 50.5 Å². The van der Waals surface area contributed by atoms with Gasteiger partial charge in [-0.15, -0.1) is 0 Å². The van der Waals surface area contributed by atoms with E-state index in [2.05, 4.69) is 231 Å². The number of nitrogens with zero attached hydrogens (tertiary/aromatic N) is 2. The molecule has 302 valence electrons. The van der Waals surface area contributed by atoms with E-state index in [4.69, 9.17) is 4.74 Å². The summed E-state index contributed by atoms with van der Waals surface area (Å²) in [6.07, 6.45) is 6.79. The molecule has 3 nitrogen and oxygen atoms in total. The Morgan fingerprint density at radius 2 is 1.19 bits per heavy atom. The largest absolute Gasteiger partial charge is 0.461 e. The number of ether oxygens (including phenoxy) is 1. The third-order valence-corrected chi connectivity index (χ3v) is 14.8. The first kappa shape index (κ1) is 36.3. The number of allylic oxidation sites excluding steroid dienone is 2. The van der Waals surface area contributed by atoms with E-state index in [1.165, 1.54) is 100 Å². The molecule has 0 amide bonds. The van der Waals surface area contributed by atoms with Gasteiger partial charge in [-0.1, -0.05) is 155 Å². The van der Waals surface area contributed by atoms with E-state index in [0.717, 1.165) is 11.5 Å². The van der Waals surface area contributed by atoms with E-state index in [-0.39, 0.29) is 22.8 Å². The van der Waals surface area contributed by atoms with Crippen LogP contribution in [0, 0.1) is 0 Å². The van der Waals surface area contributed by atoms with Crippen LogP contribution in [0.5, 0.6) is 5.75 Å². The highest BCUT2D eigenvalue weighted by molar-refractivity contribution is 6.10. The van der Waals surface area contributed by atoms with Crippen molar-refractivity contribution in [1.82, 2.24) is 4.57 Å². The number of para-hydroxylation sites is 2. The van der Waals surface area contributed by atoms with Gasteiger partial charge in [-0.25, -0.2) is 0 Å². The normalized spacial score (nSPS) is 17.9. The van der Waals surface area contributed by atoms with Crippen LogP contribution in [-0.4, -0.2) is 10.6 Å². The van der Waals surface area contributed by atoms with Crippen molar-refractivity contribution in [3.8, 4) is 44.8 Å². The van der Waals surface area contributed by atoms with E-state index in [1.807, 2.05) is 0 Å². The molecule has 13 rings (SSSR count). The van der Waals surface area contributed by atoms with Gasteiger partial charge >= 0.3 is 0 Å². The molecule has 4 aliphatic rings. The fraction of sp³-hybridized carbons (Fsp3) is 0.133. The predicted octanol–water partition coefficient (Wildman–Crippen LogP) is 15.2. The lowest BCUT2D eigenvalue weighted by Gasteiger charge is -2.39. The lowest BCUT2D eigenvalue weighted by molar-refractivity contribution is 0.415. The van der Waals surface area contributed by atoms with Crippen molar-refractivity contribution in [1.29, 1.82) is 0 Å². The summed E-state index contributed by atoms with van der Waals surface area (Å²) < 4.78 is 9.23. The Balaban J connectivity index is 0.985. The molecule has 0 radical (unpaired) electrons. The lowest BCUT2D eigenvalue weighted by Crippen LogP contribution is -2.37. The standard InChI is InChI=1S/C60H46N2O/c1-59(2)48-22-12-9-20-44(48)57-49(59)23-14-25-53(57)62(40-30-31-42-41-18-8-11-21-47(41)60(3,4)50(42)36-40)54-26-15-27-56-58(54)46-35-38(29-33-55(46)63-56)37-28-32-52-45(34-37)43-19-10-13-24-51(43)61(52)39-16-6-5-7-17-39/h5-36,54,58H,1-4H3. The molecule has 0 spiro atoms. The number of anilines is 2. The summed E-state index contributed by atoms with van der Waals surface area (Å²) >= 11 is 0. The smallest absolute Gasteiger partial charge is 0.131 e. The molecule has 2 atom stereocenters. The Kier molecular flexibility index (Phi) is 7.54. The molecule has 0 bridgehead atoms. The zero-order valence-corrected chi connectivity index (χ0v) is 35.9. The van der Waals surface area contributed by atoms with Gasteiger partial charge in [-0.05, 0) is 117 Å². The third kappa shape index (κ3) is 5.08. The number of fused-ring (bicyclic) bond motifs is 12. The zero-order chi connectivity index (χ0) is 42.2. The van der Waals surface area contributed by atoms with Crippen LogP contribution in [0.3, 0.4) is 0 Å². The Labute approximate surface area is 368 Å². The molecule has 3 heteroatoms. The molecular formula is C60H46N2O.